The zero-order valence-corrected chi connectivity index (χ0v) is 19.3. The van der Waals surface area contributed by atoms with Gasteiger partial charge in [-0.1, -0.05) is 48.0 Å². The number of benzene rings is 3. The highest BCUT2D eigenvalue weighted by atomic mass is 16.2. The normalized spacial score (nSPS) is 10.9. The molecular weight excluding hydrogens is 428 g/mol. The number of hydrogen-bond donors (Lipinski definition) is 2. The molecule has 0 aliphatic rings. The van der Waals surface area contributed by atoms with Gasteiger partial charge in [-0.2, -0.15) is 5.10 Å². The number of anilines is 1. The quantitative estimate of drug-likeness (QED) is 0.450. The molecule has 0 bridgehead atoms. The first-order valence-electron chi connectivity index (χ1n) is 11.1. The summed E-state index contributed by atoms with van der Waals surface area (Å²) in [6.45, 7) is 5.90. The highest BCUT2D eigenvalue weighted by Gasteiger charge is 2.17. The van der Waals surface area contributed by atoms with Gasteiger partial charge in [0, 0.05) is 23.2 Å². The number of carbonyl (C=O) groups excluding carboxylic acids is 2. The number of nitrogens with one attached hydrogen (secondary N) is 2. The Balaban J connectivity index is 1.51. The van der Waals surface area contributed by atoms with Gasteiger partial charge in [0.25, 0.3) is 17.4 Å². The van der Waals surface area contributed by atoms with Crippen LogP contribution in [0, 0.1) is 6.92 Å². The predicted octanol–water partition coefficient (Wildman–Crippen LogP) is 4.47. The van der Waals surface area contributed by atoms with Gasteiger partial charge in [0.1, 0.15) is 0 Å². The van der Waals surface area contributed by atoms with Gasteiger partial charge in [0.15, 0.2) is 5.69 Å². The summed E-state index contributed by atoms with van der Waals surface area (Å²) in [5.74, 6) is -0.576. The van der Waals surface area contributed by atoms with E-state index in [4.69, 9.17) is 0 Å². The second-order valence-electron chi connectivity index (χ2n) is 8.44. The van der Waals surface area contributed by atoms with Crippen molar-refractivity contribution in [2.75, 3.05) is 5.32 Å². The van der Waals surface area contributed by atoms with Gasteiger partial charge in [0.05, 0.1) is 11.4 Å². The van der Waals surface area contributed by atoms with Gasteiger partial charge in [-0.25, -0.2) is 4.68 Å². The molecule has 2 amide bonds. The number of rotatable bonds is 6. The van der Waals surface area contributed by atoms with Crippen LogP contribution in [0.3, 0.4) is 0 Å². The third-order valence-corrected chi connectivity index (χ3v) is 5.48. The van der Waals surface area contributed by atoms with Crippen LogP contribution >= 0.6 is 0 Å². The van der Waals surface area contributed by atoms with Crippen LogP contribution in [0.5, 0.6) is 0 Å². The Morgan fingerprint density at radius 3 is 2.32 bits per heavy atom. The van der Waals surface area contributed by atoms with E-state index in [0.29, 0.717) is 22.0 Å². The highest BCUT2D eigenvalue weighted by molar-refractivity contribution is 6.05. The van der Waals surface area contributed by atoms with E-state index in [2.05, 4.69) is 15.7 Å². The predicted molar refractivity (Wildman–Crippen MR) is 133 cm³/mol. The molecule has 4 aromatic rings. The van der Waals surface area contributed by atoms with Crippen molar-refractivity contribution >= 4 is 28.3 Å². The van der Waals surface area contributed by atoms with E-state index < -0.39 is 0 Å². The van der Waals surface area contributed by atoms with Crippen molar-refractivity contribution in [1.82, 2.24) is 15.1 Å². The molecule has 1 aromatic heterocycles. The Kier molecular flexibility index (Phi) is 6.54. The first kappa shape index (κ1) is 22.9. The largest absolute Gasteiger partial charge is 0.347 e. The summed E-state index contributed by atoms with van der Waals surface area (Å²) < 4.78 is 1.33. The molecule has 0 spiro atoms. The van der Waals surface area contributed by atoms with Crippen LogP contribution in [0.25, 0.3) is 10.8 Å². The average Bonchev–Trinajstić information content (AvgIpc) is 2.83. The summed E-state index contributed by atoms with van der Waals surface area (Å²) in [6.07, 6.45) is 0. The molecule has 172 valence electrons. The standard InChI is InChI=1S/C27H26N4O3/c1-17(2)31-27(34)23-10-5-4-9-22(23)24(30-31)26(33)28-16-19-7-6-8-21(15-19)29-25(32)20-13-11-18(3)12-14-20/h4-15,17H,16H2,1-3H3,(H,28,33)(H,29,32). The van der Waals surface area contributed by atoms with Gasteiger partial charge in [0.2, 0.25) is 0 Å². The number of hydrogen-bond acceptors (Lipinski definition) is 4. The van der Waals surface area contributed by atoms with E-state index in [1.165, 1.54) is 4.68 Å². The van der Waals surface area contributed by atoms with Gasteiger partial charge in [-0.3, -0.25) is 14.4 Å². The highest BCUT2D eigenvalue weighted by Crippen LogP contribution is 2.16. The summed E-state index contributed by atoms with van der Waals surface area (Å²) in [5, 5.41) is 11.1. The van der Waals surface area contributed by atoms with Crippen molar-refractivity contribution < 1.29 is 9.59 Å². The number of carbonyl (C=O) groups is 2. The van der Waals surface area contributed by atoms with Crippen molar-refractivity contribution in [3.05, 3.63) is 106 Å². The smallest absolute Gasteiger partial charge is 0.274 e. The Morgan fingerprint density at radius 1 is 0.912 bits per heavy atom. The Hall–Kier alpha value is -4.26. The number of fused-ring (bicyclic) bond motifs is 1. The van der Waals surface area contributed by atoms with Crippen LogP contribution in [0.4, 0.5) is 5.69 Å². The minimum Gasteiger partial charge on any atom is -0.347 e. The molecule has 3 aromatic carbocycles. The lowest BCUT2D eigenvalue weighted by Gasteiger charge is -2.14. The van der Waals surface area contributed by atoms with Gasteiger partial charge >= 0.3 is 0 Å². The van der Waals surface area contributed by atoms with Gasteiger partial charge in [-0.15, -0.1) is 0 Å². The maximum Gasteiger partial charge on any atom is 0.274 e. The monoisotopic (exact) mass is 454 g/mol. The number of amides is 2. The van der Waals surface area contributed by atoms with Crippen molar-refractivity contribution in [3.8, 4) is 0 Å². The molecule has 0 fully saturated rings. The molecule has 2 N–H and O–H groups in total. The van der Waals surface area contributed by atoms with Crippen LogP contribution in [-0.2, 0) is 6.54 Å². The molecule has 0 unspecified atom stereocenters. The lowest BCUT2D eigenvalue weighted by molar-refractivity contribution is 0.0944. The molecule has 1 heterocycles. The average molecular weight is 455 g/mol. The maximum absolute atomic E-state index is 13.0. The van der Waals surface area contributed by atoms with E-state index in [-0.39, 0.29) is 35.7 Å². The number of aromatic nitrogens is 2. The lowest BCUT2D eigenvalue weighted by atomic mass is 10.1. The van der Waals surface area contributed by atoms with Crippen molar-refractivity contribution in [1.29, 1.82) is 0 Å². The molecule has 0 atom stereocenters. The van der Waals surface area contributed by atoms with Gasteiger partial charge < -0.3 is 10.6 Å². The Bertz CT molecular complexity index is 1420. The van der Waals surface area contributed by atoms with E-state index in [9.17, 15) is 14.4 Å². The maximum atomic E-state index is 13.0. The van der Waals surface area contributed by atoms with E-state index in [1.807, 2.05) is 51.1 Å². The van der Waals surface area contributed by atoms with Crippen molar-refractivity contribution in [3.63, 3.8) is 0 Å². The van der Waals surface area contributed by atoms with Crippen LogP contribution in [0.2, 0.25) is 0 Å². The molecule has 7 nitrogen and oxygen atoms in total. The van der Waals surface area contributed by atoms with Crippen LogP contribution in [-0.4, -0.2) is 21.6 Å². The first-order valence-corrected chi connectivity index (χ1v) is 11.1. The molecular formula is C27H26N4O3. The zero-order valence-electron chi connectivity index (χ0n) is 19.3. The summed E-state index contributed by atoms with van der Waals surface area (Å²) in [4.78, 5) is 38.2. The fourth-order valence-electron chi connectivity index (χ4n) is 3.66. The van der Waals surface area contributed by atoms with Crippen LogP contribution in [0.1, 0.15) is 51.9 Å². The number of aryl methyl sites for hydroxylation is 1. The molecule has 4 rings (SSSR count). The molecule has 0 aliphatic heterocycles. The van der Waals surface area contributed by atoms with Crippen LogP contribution in [0.15, 0.2) is 77.6 Å². The van der Waals surface area contributed by atoms with E-state index in [0.717, 1.165) is 11.1 Å². The SMILES string of the molecule is Cc1ccc(C(=O)Nc2cccc(CNC(=O)c3nn(C(C)C)c(=O)c4ccccc34)c2)cc1. The summed E-state index contributed by atoms with van der Waals surface area (Å²) in [5.41, 5.74) is 3.08. The molecule has 34 heavy (non-hydrogen) atoms. The summed E-state index contributed by atoms with van der Waals surface area (Å²) in [6, 6.07) is 21.4. The molecule has 0 radical (unpaired) electrons. The van der Waals surface area contributed by atoms with E-state index >= 15 is 0 Å². The minimum atomic E-state index is -0.375. The summed E-state index contributed by atoms with van der Waals surface area (Å²) in [7, 11) is 0. The lowest BCUT2D eigenvalue weighted by Crippen LogP contribution is -2.31. The second-order valence-corrected chi connectivity index (χ2v) is 8.44. The Morgan fingerprint density at radius 2 is 1.62 bits per heavy atom. The Labute approximate surface area is 197 Å². The molecule has 0 aliphatic carbocycles. The minimum absolute atomic E-state index is 0.183. The van der Waals surface area contributed by atoms with Crippen molar-refractivity contribution in [2.24, 2.45) is 0 Å². The van der Waals surface area contributed by atoms with Crippen molar-refractivity contribution in [2.45, 2.75) is 33.4 Å². The molecule has 7 heteroatoms. The molecule has 0 saturated heterocycles. The third kappa shape index (κ3) is 4.88. The third-order valence-electron chi connectivity index (χ3n) is 5.48. The van der Waals surface area contributed by atoms with E-state index in [1.54, 1.807) is 42.5 Å². The van der Waals surface area contributed by atoms with Gasteiger partial charge in [-0.05, 0) is 56.7 Å². The first-order chi connectivity index (χ1) is 16.3. The fourth-order valence-corrected chi connectivity index (χ4v) is 3.66. The van der Waals surface area contributed by atoms with Crippen LogP contribution < -0.4 is 16.2 Å². The molecule has 0 saturated carbocycles. The fraction of sp³-hybridized carbons (Fsp3) is 0.185. The second kappa shape index (κ2) is 9.70. The number of nitrogens with zero attached hydrogens (tertiary/aromatic N) is 2. The summed E-state index contributed by atoms with van der Waals surface area (Å²) >= 11 is 0. The topological polar surface area (TPSA) is 93.1 Å². The zero-order chi connectivity index (χ0) is 24.2.